The predicted molar refractivity (Wildman–Crippen MR) is 65.4 cm³/mol. The number of nitrogen functional groups attached to an aromatic ring is 1. The molecule has 0 aliphatic carbocycles. The Morgan fingerprint density at radius 2 is 2.12 bits per heavy atom. The standard InChI is InChI=1S/C12H11N5/c1-8-3-2-6-17-10(7-15-11(8)17)9-4-5-14-12(13)16-9/h2-7H,1H3,(H2,13,14,16). The largest absolute Gasteiger partial charge is 0.368 e. The Hall–Kier alpha value is -2.43. The van der Waals surface area contributed by atoms with Crippen LogP contribution in [0.2, 0.25) is 0 Å². The SMILES string of the molecule is Cc1cccn2c(-c3ccnc(N)n3)cnc12. The van der Waals surface area contributed by atoms with Crippen LogP contribution in [0.15, 0.2) is 36.8 Å². The molecule has 0 aliphatic heterocycles. The van der Waals surface area contributed by atoms with Crippen molar-refractivity contribution in [3.8, 4) is 11.4 Å². The van der Waals surface area contributed by atoms with Crippen LogP contribution in [-0.4, -0.2) is 19.4 Å². The molecule has 2 N–H and O–H groups in total. The Morgan fingerprint density at radius 1 is 1.24 bits per heavy atom. The van der Waals surface area contributed by atoms with E-state index in [4.69, 9.17) is 5.73 Å². The van der Waals surface area contributed by atoms with E-state index in [0.717, 1.165) is 22.6 Å². The van der Waals surface area contributed by atoms with Crippen LogP contribution in [0.5, 0.6) is 0 Å². The van der Waals surface area contributed by atoms with Gasteiger partial charge in [0.15, 0.2) is 0 Å². The van der Waals surface area contributed by atoms with E-state index >= 15 is 0 Å². The Bertz CT molecular complexity index is 686. The Kier molecular flexibility index (Phi) is 2.04. The molecule has 0 radical (unpaired) electrons. The van der Waals surface area contributed by atoms with Crippen LogP contribution in [0, 0.1) is 6.92 Å². The summed E-state index contributed by atoms with van der Waals surface area (Å²) in [6.07, 6.45) is 5.40. The second kappa shape index (κ2) is 3.55. The molecule has 17 heavy (non-hydrogen) atoms. The van der Waals surface area contributed by atoms with Crippen LogP contribution in [-0.2, 0) is 0 Å². The molecule has 3 aromatic rings. The van der Waals surface area contributed by atoms with Crippen molar-refractivity contribution < 1.29 is 0 Å². The van der Waals surface area contributed by atoms with Gasteiger partial charge in [0.2, 0.25) is 5.95 Å². The minimum Gasteiger partial charge on any atom is -0.368 e. The maximum Gasteiger partial charge on any atom is 0.220 e. The summed E-state index contributed by atoms with van der Waals surface area (Å²) in [5.74, 6) is 0.269. The molecule has 0 aromatic carbocycles. The van der Waals surface area contributed by atoms with Crippen LogP contribution >= 0.6 is 0 Å². The number of aromatic nitrogens is 4. The third kappa shape index (κ3) is 1.52. The third-order valence-electron chi connectivity index (χ3n) is 2.67. The van der Waals surface area contributed by atoms with E-state index < -0.39 is 0 Å². The number of nitrogens with two attached hydrogens (primary N) is 1. The normalized spacial score (nSPS) is 10.9. The summed E-state index contributed by atoms with van der Waals surface area (Å²) in [6, 6.07) is 5.83. The first kappa shape index (κ1) is 9.77. The maximum absolute atomic E-state index is 5.59. The summed E-state index contributed by atoms with van der Waals surface area (Å²) < 4.78 is 2.00. The van der Waals surface area contributed by atoms with E-state index in [1.165, 1.54) is 0 Å². The molecule has 0 unspecified atom stereocenters. The van der Waals surface area contributed by atoms with E-state index in [1.54, 1.807) is 12.4 Å². The highest BCUT2D eigenvalue weighted by molar-refractivity contribution is 5.62. The number of fused-ring (bicyclic) bond motifs is 1. The Balaban J connectivity index is 2.28. The monoisotopic (exact) mass is 225 g/mol. The van der Waals surface area contributed by atoms with Crippen molar-refractivity contribution in [1.82, 2.24) is 19.4 Å². The molecule has 3 aromatic heterocycles. The van der Waals surface area contributed by atoms with E-state index in [-0.39, 0.29) is 5.95 Å². The van der Waals surface area contributed by atoms with Gasteiger partial charge in [-0.05, 0) is 24.6 Å². The summed E-state index contributed by atoms with van der Waals surface area (Å²) in [4.78, 5) is 12.5. The lowest BCUT2D eigenvalue weighted by Gasteiger charge is -2.02. The molecule has 84 valence electrons. The molecule has 0 bridgehead atoms. The average Bonchev–Trinajstić information content (AvgIpc) is 2.74. The van der Waals surface area contributed by atoms with Gasteiger partial charge in [-0.3, -0.25) is 4.40 Å². The van der Waals surface area contributed by atoms with Crippen LogP contribution in [0.25, 0.3) is 17.0 Å². The van der Waals surface area contributed by atoms with Gasteiger partial charge < -0.3 is 5.73 Å². The van der Waals surface area contributed by atoms with Gasteiger partial charge in [-0.15, -0.1) is 0 Å². The second-order valence-corrected chi connectivity index (χ2v) is 3.83. The lowest BCUT2D eigenvalue weighted by molar-refractivity contribution is 1.13. The summed E-state index contributed by atoms with van der Waals surface area (Å²) in [6.45, 7) is 2.03. The van der Waals surface area contributed by atoms with Crippen molar-refractivity contribution in [2.24, 2.45) is 0 Å². The van der Waals surface area contributed by atoms with Gasteiger partial charge in [-0.2, -0.15) is 0 Å². The minimum atomic E-state index is 0.269. The van der Waals surface area contributed by atoms with Crippen molar-refractivity contribution in [2.75, 3.05) is 5.73 Å². The molecule has 0 aliphatic rings. The first-order chi connectivity index (χ1) is 8.25. The van der Waals surface area contributed by atoms with E-state index in [0.29, 0.717) is 0 Å². The number of anilines is 1. The summed E-state index contributed by atoms with van der Waals surface area (Å²) in [5, 5.41) is 0. The van der Waals surface area contributed by atoms with Crippen LogP contribution in [0.3, 0.4) is 0 Å². The average molecular weight is 225 g/mol. The fraction of sp³-hybridized carbons (Fsp3) is 0.0833. The van der Waals surface area contributed by atoms with Crippen LogP contribution in [0.1, 0.15) is 5.56 Å². The zero-order valence-corrected chi connectivity index (χ0v) is 9.33. The van der Waals surface area contributed by atoms with Crippen LogP contribution in [0.4, 0.5) is 5.95 Å². The molecule has 0 amide bonds. The molecule has 0 fully saturated rings. The van der Waals surface area contributed by atoms with Gasteiger partial charge in [0.1, 0.15) is 5.65 Å². The van der Waals surface area contributed by atoms with Gasteiger partial charge >= 0.3 is 0 Å². The van der Waals surface area contributed by atoms with Crippen LogP contribution < -0.4 is 5.73 Å². The number of hydrogen-bond acceptors (Lipinski definition) is 4. The first-order valence-corrected chi connectivity index (χ1v) is 5.27. The first-order valence-electron chi connectivity index (χ1n) is 5.27. The van der Waals surface area contributed by atoms with Crippen molar-refractivity contribution in [1.29, 1.82) is 0 Å². The van der Waals surface area contributed by atoms with E-state index in [2.05, 4.69) is 15.0 Å². The quantitative estimate of drug-likeness (QED) is 0.684. The number of hydrogen-bond donors (Lipinski definition) is 1. The number of imidazole rings is 1. The molecule has 0 spiro atoms. The predicted octanol–water partition coefficient (Wildman–Crippen LogP) is 1.68. The fourth-order valence-electron chi connectivity index (χ4n) is 1.86. The molecule has 0 atom stereocenters. The van der Waals surface area contributed by atoms with Crippen molar-refractivity contribution in [3.63, 3.8) is 0 Å². The number of pyridine rings is 1. The summed E-state index contributed by atoms with van der Waals surface area (Å²) in [5.41, 5.74) is 9.33. The molecular formula is C12H11N5. The fourth-order valence-corrected chi connectivity index (χ4v) is 1.86. The number of aryl methyl sites for hydroxylation is 1. The van der Waals surface area contributed by atoms with Gasteiger partial charge in [0.05, 0.1) is 17.6 Å². The molecule has 3 rings (SSSR count). The summed E-state index contributed by atoms with van der Waals surface area (Å²) >= 11 is 0. The molecule has 0 saturated heterocycles. The van der Waals surface area contributed by atoms with E-state index in [1.807, 2.05) is 35.7 Å². The molecule has 0 saturated carbocycles. The van der Waals surface area contributed by atoms with E-state index in [9.17, 15) is 0 Å². The highest BCUT2D eigenvalue weighted by Crippen LogP contribution is 2.20. The van der Waals surface area contributed by atoms with Gasteiger partial charge in [-0.1, -0.05) is 6.07 Å². The molecular weight excluding hydrogens is 214 g/mol. The smallest absolute Gasteiger partial charge is 0.220 e. The minimum absolute atomic E-state index is 0.269. The zero-order chi connectivity index (χ0) is 11.8. The number of nitrogens with zero attached hydrogens (tertiary/aromatic N) is 4. The Labute approximate surface area is 98.0 Å². The third-order valence-corrected chi connectivity index (χ3v) is 2.67. The lowest BCUT2D eigenvalue weighted by Crippen LogP contribution is -1.97. The molecule has 3 heterocycles. The second-order valence-electron chi connectivity index (χ2n) is 3.83. The topological polar surface area (TPSA) is 69.1 Å². The van der Waals surface area contributed by atoms with Crippen molar-refractivity contribution >= 4 is 11.6 Å². The summed E-state index contributed by atoms with van der Waals surface area (Å²) in [7, 11) is 0. The lowest BCUT2D eigenvalue weighted by atomic mass is 10.3. The molecule has 5 nitrogen and oxygen atoms in total. The van der Waals surface area contributed by atoms with Crippen molar-refractivity contribution in [2.45, 2.75) is 6.92 Å². The van der Waals surface area contributed by atoms with Gasteiger partial charge in [-0.25, -0.2) is 15.0 Å². The maximum atomic E-state index is 5.59. The zero-order valence-electron chi connectivity index (χ0n) is 9.33. The van der Waals surface area contributed by atoms with Gasteiger partial charge in [0.25, 0.3) is 0 Å². The van der Waals surface area contributed by atoms with Crippen molar-refractivity contribution in [3.05, 3.63) is 42.4 Å². The molecule has 5 heteroatoms. The highest BCUT2D eigenvalue weighted by atomic mass is 15.0. The van der Waals surface area contributed by atoms with Gasteiger partial charge in [0, 0.05) is 12.4 Å². The highest BCUT2D eigenvalue weighted by Gasteiger charge is 2.08. The number of rotatable bonds is 1. The Morgan fingerprint density at radius 3 is 2.94 bits per heavy atom.